The molecule has 156 valence electrons. The highest BCUT2D eigenvalue weighted by atomic mass is 32.1. The van der Waals surface area contributed by atoms with Crippen LogP contribution in [0.25, 0.3) is 22.5 Å². The first kappa shape index (κ1) is 19.5. The molecule has 0 atom stereocenters. The van der Waals surface area contributed by atoms with Crippen molar-refractivity contribution in [2.24, 2.45) is 0 Å². The lowest BCUT2D eigenvalue weighted by atomic mass is 10.1. The Morgan fingerprint density at radius 3 is 2.39 bits per heavy atom. The number of nitrogens with two attached hydrogens (primary N) is 1. The van der Waals surface area contributed by atoms with Gasteiger partial charge >= 0.3 is 0 Å². The molecule has 2 aromatic heterocycles. The second-order valence-electron chi connectivity index (χ2n) is 7.61. The van der Waals surface area contributed by atoms with Gasteiger partial charge in [0.2, 0.25) is 5.91 Å². The topological polar surface area (TPSA) is 77.0 Å². The summed E-state index contributed by atoms with van der Waals surface area (Å²) in [5.74, 6) is 0.0722. The maximum atomic E-state index is 13.2. The summed E-state index contributed by atoms with van der Waals surface area (Å²) in [5.41, 5.74) is 10.8. The number of aromatic nitrogens is 3. The number of hydrogen-bond acceptors (Lipinski definition) is 5. The fourth-order valence-corrected chi connectivity index (χ4v) is 4.86. The molecule has 5 rings (SSSR count). The van der Waals surface area contributed by atoms with Crippen molar-refractivity contribution in [3.63, 3.8) is 0 Å². The van der Waals surface area contributed by atoms with Gasteiger partial charge in [-0.3, -0.25) is 9.48 Å². The third-order valence-corrected chi connectivity index (χ3v) is 6.57. The van der Waals surface area contributed by atoms with Crippen LogP contribution in [0.15, 0.2) is 66.7 Å². The third kappa shape index (κ3) is 4.09. The van der Waals surface area contributed by atoms with Crippen molar-refractivity contribution < 1.29 is 4.79 Å². The molecule has 0 radical (unpaired) electrons. The zero-order valence-corrected chi connectivity index (χ0v) is 17.9. The molecular formula is C24H23N5OS. The van der Waals surface area contributed by atoms with E-state index in [0.717, 1.165) is 41.1 Å². The highest BCUT2D eigenvalue weighted by Gasteiger charge is 2.23. The number of anilines is 1. The van der Waals surface area contributed by atoms with E-state index in [1.807, 2.05) is 70.2 Å². The molecule has 7 heteroatoms. The summed E-state index contributed by atoms with van der Waals surface area (Å²) in [6.45, 7) is 1.55. The van der Waals surface area contributed by atoms with E-state index in [2.05, 4.69) is 11.1 Å². The molecule has 1 aliphatic heterocycles. The van der Waals surface area contributed by atoms with Gasteiger partial charge in [0.05, 0.1) is 17.1 Å². The van der Waals surface area contributed by atoms with Crippen molar-refractivity contribution >= 4 is 22.4 Å². The van der Waals surface area contributed by atoms with Gasteiger partial charge in [0.25, 0.3) is 0 Å². The van der Waals surface area contributed by atoms with E-state index < -0.39 is 0 Å². The molecule has 1 aliphatic rings. The van der Waals surface area contributed by atoms with Crippen LogP contribution in [-0.4, -0.2) is 38.7 Å². The molecule has 2 N–H and O–H groups in total. The molecular weight excluding hydrogens is 406 g/mol. The first-order valence-electron chi connectivity index (χ1n) is 10.4. The summed E-state index contributed by atoms with van der Waals surface area (Å²) in [7, 11) is 0. The van der Waals surface area contributed by atoms with Crippen LogP contribution in [0, 0.1) is 0 Å². The van der Waals surface area contributed by atoms with Crippen molar-refractivity contribution in [3.05, 3.63) is 77.3 Å². The van der Waals surface area contributed by atoms with Gasteiger partial charge in [0.1, 0.15) is 6.54 Å². The lowest BCUT2D eigenvalue weighted by molar-refractivity contribution is -0.131. The molecule has 4 aromatic rings. The van der Waals surface area contributed by atoms with Crippen LogP contribution in [0.2, 0.25) is 0 Å². The first-order chi connectivity index (χ1) is 15.2. The van der Waals surface area contributed by atoms with E-state index in [1.165, 1.54) is 16.2 Å². The Kier molecular flexibility index (Phi) is 5.26. The highest BCUT2D eigenvalue weighted by Crippen LogP contribution is 2.27. The van der Waals surface area contributed by atoms with E-state index in [9.17, 15) is 4.79 Å². The van der Waals surface area contributed by atoms with Crippen LogP contribution in [-0.2, 0) is 24.2 Å². The van der Waals surface area contributed by atoms with Crippen LogP contribution in [0.3, 0.4) is 0 Å². The number of carbonyl (C=O) groups excluding carboxylic acids is 1. The zero-order valence-electron chi connectivity index (χ0n) is 17.1. The van der Waals surface area contributed by atoms with Gasteiger partial charge in [-0.25, -0.2) is 4.98 Å². The SMILES string of the molecule is Nc1nc2c(s1)CCN(C(=O)Cn1nc(-c3ccccc3)cc1-c1ccccc1)CC2. The lowest BCUT2D eigenvalue weighted by Gasteiger charge is -2.20. The fraction of sp³-hybridized carbons (Fsp3) is 0.208. The minimum absolute atomic E-state index is 0.0722. The Balaban J connectivity index is 1.41. The van der Waals surface area contributed by atoms with Crippen molar-refractivity contribution in [2.45, 2.75) is 19.4 Å². The average Bonchev–Trinajstić information content (AvgIpc) is 3.32. The molecule has 3 heterocycles. The quantitative estimate of drug-likeness (QED) is 0.534. The number of fused-ring (bicyclic) bond motifs is 1. The number of hydrogen-bond donors (Lipinski definition) is 1. The molecule has 0 bridgehead atoms. The normalized spacial score (nSPS) is 13.6. The van der Waals surface area contributed by atoms with Crippen LogP contribution in [0.5, 0.6) is 0 Å². The summed E-state index contributed by atoms with van der Waals surface area (Å²) in [6, 6.07) is 22.2. The summed E-state index contributed by atoms with van der Waals surface area (Å²) in [4.78, 5) is 20.8. The highest BCUT2D eigenvalue weighted by molar-refractivity contribution is 7.15. The van der Waals surface area contributed by atoms with E-state index in [4.69, 9.17) is 10.8 Å². The van der Waals surface area contributed by atoms with Crippen LogP contribution in [0.4, 0.5) is 5.13 Å². The van der Waals surface area contributed by atoms with Crippen LogP contribution < -0.4 is 5.73 Å². The first-order valence-corrected chi connectivity index (χ1v) is 11.2. The summed E-state index contributed by atoms with van der Waals surface area (Å²) in [5, 5.41) is 5.41. The van der Waals surface area contributed by atoms with Gasteiger partial charge < -0.3 is 10.6 Å². The maximum Gasteiger partial charge on any atom is 0.244 e. The lowest BCUT2D eigenvalue weighted by Crippen LogP contribution is -2.36. The second kappa shape index (κ2) is 8.35. The summed E-state index contributed by atoms with van der Waals surface area (Å²) >= 11 is 1.53. The van der Waals surface area contributed by atoms with Gasteiger partial charge in [-0.15, -0.1) is 11.3 Å². The minimum atomic E-state index is 0.0722. The number of carbonyl (C=O) groups is 1. The van der Waals surface area contributed by atoms with E-state index >= 15 is 0 Å². The average molecular weight is 430 g/mol. The number of amides is 1. The van der Waals surface area contributed by atoms with Crippen molar-refractivity contribution in [1.82, 2.24) is 19.7 Å². The standard InChI is InChI=1S/C24H23N5OS/c25-24-26-19-11-13-28(14-12-22(19)31-24)23(30)16-29-21(18-9-5-2-6-10-18)15-20(27-29)17-7-3-1-4-8-17/h1-10,15H,11-14,16H2,(H2,25,26). The van der Waals surface area contributed by atoms with Crippen molar-refractivity contribution in [3.8, 4) is 22.5 Å². The summed E-state index contributed by atoms with van der Waals surface area (Å²) < 4.78 is 1.83. The Hall–Kier alpha value is -3.45. The zero-order chi connectivity index (χ0) is 21.2. The van der Waals surface area contributed by atoms with E-state index in [1.54, 1.807) is 0 Å². The maximum absolute atomic E-state index is 13.2. The smallest absolute Gasteiger partial charge is 0.244 e. The third-order valence-electron chi connectivity index (χ3n) is 5.58. The van der Waals surface area contributed by atoms with Gasteiger partial charge in [0, 0.05) is 36.4 Å². The van der Waals surface area contributed by atoms with Crippen molar-refractivity contribution in [1.29, 1.82) is 0 Å². The molecule has 0 saturated carbocycles. The number of benzene rings is 2. The Morgan fingerprint density at radius 1 is 0.968 bits per heavy atom. The van der Waals surface area contributed by atoms with Gasteiger partial charge in [0.15, 0.2) is 5.13 Å². The predicted molar refractivity (Wildman–Crippen MR) is 124 cm³/mol. The molecule has 6 nitrogen and oxygen atoms in total. The Bertz CT molecular complexity index is 1170. The Morgan fingerprint density at radius 2 is 1.65 bits per heavy atom. The molecule has 0 unspecified atom stereocenters. The molecule has 2 aromatic carbocycles. The number of nitrogens with zero attached hydrogens (tertiary/aromatic N) is 4. The molecule has 1 amide bonds. The Labute approximate surface area is 185 Å². The van der Waals surface area contributed by atoms with Crippen LogP contribution in [0.1, 0.15) is 10.6 Å². The molecule has 0 saturated heterocycles. The minimum Gasteiger partial charge on any atom is -0.375 e. The van der Waals surface area contributed by atoms with Gasteiger partial charge in [-0.2, -0.15) is 5.10 Å². The fourth-order valence-electron chi connectivity index (χ4n) is 3.99. The molecule has 0 fully saturated rings. The van der Waals surface area contributed by atoms with E-state index in [0.29, 0.717) is 18.2 Å². The molecule has 0 aliphatic carbocycles. The van der Waals surface area contributed by atoms with Gasteiger partial charge in [-0.05, 0) is 11.6 Å². The largest absolute Gasteiger partial charge is 0.375 e. The van der Waals surface area contributed by atoms with Crippen LogP contribution >= 0.6 is 11.3 Å². The summed E-state index contributed by atoms with van der Waals surface area (Å²) in [6.07, 6.45) is 1.55. The number of nitrogen functional groups attached to an aromatic ring is 1. The molecule has 31 heavy (non-hydrogen) atoms. The second-order valence-corrected chi connectivity index (χ2v) is 8.72. The number of rotatable bonds is 4. The predicted octanol–water partition coefficient (Wildman–Crippen LogP) is 3.88. The van der Waals surface area contributed by atoms with Gasteiger partial charge in [-0.1, -0.05) is 60.7 Å². The monoisotopic (exact) mass is 429 g/mol. The molecule has 0 spiro atoms. The van der Waals surface area contributed by atoms with E-state index in [-0.39, 0.29) is 12.5 Å². The number of thiazole rings is 1. The van der Waals surface area contributed by atoms with Crippen molar-refractivity contribution in [2.75, 3.05) is 18.8 Å².